The first-order chi connectivity index (χ1) is 5.93. The van der Waals surface area contributed by atoms with Crippen LogP contribution in [0.4, 0.5) is 0 Å². The van der Waals surface area contributed by atoms with Gasteiger partial charge in [-0.2, -0.15) is 4.09 Å². The molecule has 0 aliphatic carbocycles. The quantitative estimate of drug-likeness (QED) is 0.637. The molecule has 0 radical (unpaired) electrons. The topological polar surface area (TPSA) is 30.7 Å². The second-order valence-electron chi connectivity index (χ2n) is 2.69. The molecule has 0 amide bonds. The van der Waals surface area contributed by atoms with Crippen LogP contribution in [0.15, 0.2) is 12.7 Å². The third-order valence-electron chi connectivity index (χ3n) is 1.62. The van der Waals surface area contributed by atoms with E-state index in [4.69, 9.17) is 0 Å². The average molecular weight is 185 g/mol. The minimum Gasteiger partial charge on any atom is -0.222 e. The molecule has 3 nitrogen and oxygen atoms in total. The largest absolute Gasteiger partial charge is 0.222 e. The highest BCUT2D eigenvalue weighted by Crippen LogP contribution is 2.07. The van der Waals surface area contributed by atoms with Crippen LogP contribution in [0, 0.1) is 0 Å². The fourth-order valence-electron chi connectivity index (χ4n) is 0.951. The Morgan fingerprint density at radius 3 is 2.92 bits per heavy atom. The van der Waals surface area contributed by atoms with Crippen molar-refractivity contribution in [1.29, 1.82) is 0 Å². The van der Waals surface area contributed by atoms with Crippen molar-refractivity contribution in [1.82, 2.24) is 14.2 Å². The van der Waals surface area contributed by atoms with E-state index in [-0.39, 0.29) is 0 Å². The zero-order chi connectivity index (χ0) is 8.65. The Labute approximate surface area is 77.7 Å². The lowest BCUT2D eigenvalue weighted by atomic mass is 10.2. The van der Waals surface area contributed by atoms with Crippen LogP contribution in [0.2, 0.25) is 0 Å². The monoisotopic (exact) mass is 185 g/mol. The molecule has 0 fully saturated rings. The van der Waals surface area contributed by atoms with E-state index in [0.717, 1.165) is 5.75 Å². The number of rotatable bonds is 6. The zero-order valence-electron chi connectivity index (χ0n) is 7.44. The van der Waals surface area contributed by atoms with Crippen LogP contribution in [-0.2, 0) is 0 Å². The second kappa shape index (κ2) is 6.06. The smallest absolute Gasteiger partial charge is 0.138 e. The Morgan fingerprint density at radius 2 is 2.25 bits per heavy atom. The maximum Gasteiger partial charge on any atom is 0.138 e. The van der Waals surface area contributed by atoms with E-state index in [1.165, 1.54) is 25.7 Å². The van der Waals surface area contributed by atoms with Gasteiger partial charge in [0.05, 0.1) is 0 Å². The van der Waals surface area contributed by atoms with Gasteiger partial charge in [-0.25, -0.2) is 4.98 Å². The Hall–Kier alpha value is -0.510. The van der Waals surface area contributed by atoms with Gasteiger partial charge < -0.3 is 0 Å². The fraction of sp³-hybridized carbons (Fsp3) is 0.750. The van der Waals surface area contributed by atoms with Crippen LogP contribution in [0.25, 0.3) is 0 Å². The molecular formula is C8H15N3S. The summed E-state index contributed by atoms with van der Waals surface area (Å²) in [5.41, 5.74) is 0. The number of hydrogen-bond donors (Lipinski definition) is 0. The molecule has 0 spiro atoms. The molecule has 0 aromatic carbocycles. The lowest BCUT2D eigenvalue weighted by Crippen LogP contribution is -1.89. The standard InChI is InChI=1S/C8H15N3S/c1-2-3-4-5-6-12-11-8-9-7-10-11/h7-8H,2-6H2,1H3. The van der Waals surface area contributed by atoms with Crippen LogP contribution < -0.4 is 0 Å². The minimum absolute atomic E-state index is 1.14. The average Bonchev–Trinajstić information content (AvgIpc) is 2.57. The van der Waals surface area contributed by atoms with Crippen LogP contribution in [0.3, 0.4) is 0 Å². The van der Waals surface area contributed by atoms with Gasteiger partial charge >= 0.3 is 0 Å². The third kappa shape index (κ3) is 3.76. The normalized spacial score (nSPS) is 10.4. The summed E-state index contributed by atoms with van der Waals surface area (Å²) >= 11 is 1.72. The van der Waals surface area contributed by atoms with Gasteiger partial charge in [0.2, 0.25) is 0 Å². The SMILES string of the molecule is CCCCCCSn1cncn1. The number of unbranched alkanes of at least 4 members (excludes halogenated alkanes) is 3. The van der Waals surface area contributed by atoms with Gasteiger partial charge in [0.1, 0.15) is 12.7 Å². The Balaban J connectivity index is 1.96. The molecule has 1 heterocycles. The van der Waals surface area contributed by atoms with Gasteiger partial charge in [0.25, 0.3) is 0 Å². The number of hydrogen-bond acceptors (Lipinski definition) is 3. The van der Waals surface area contributed by atoms with Gasteiger partial charge in [0.15, 0.2) is 0 Å². The van der Waals surface area contributed by atoms with Crippen molar-refractivity contribution < 1.29 is 0 Å². The number of nitrogens with zero attached hydrogens (tertiary/aromatic N) is 3. The fourth-order valence-corrected chi connectivity index (χ4v) is 1.70. The summed E-state index contributed by atoms with van der Waals surface area (Å²) in [6, 6.07) is 0. The van der Waals surface area contributed by atoms with E-state index >= 15 is 0 Å². The van der Waals surface area contributed by atoms with Crippen molar-refractivity contribution in [3.05, 3.63) is 12.7 Å². The Bertz CT molecular complexity index is 186. The molecule has 1 rings (SSSR count). The molecule has 1 aromatic rings. The first kappa shape index (κ1) is 9.58. The van der Waals surface area contributed by atoms with E-state index in [1.807, 2.05) is 4.09 Å². The molecule has 0 saturated carbocycles. The van der Waals surface area contributed by atoms with Crippen LogP contribution in [0.1, 0.15) is 32.6 Å². The van der Waals surface area contributed by atoms with Crippen molar-refractivity contribution in [3.63, 3.8) is 0 Å². The molecule has 0 atom stereocenters. The van der Waals surface area contributed by atoms with E-state index in [2.05, 4.69) is 17.0 Å². The van der Waals surface area contributed by atoms with E-state index in [1.54, 1.807) is 24.6 Å². The summed E-state index contributed by atoms with van der Waals surface area (Å²) < 4.78 is 1.81. The highest BCUT2D eigenvalue weighted by molar-refractivity contribution is 7.97. The number of aromatic nitrogens is 3. The van der Waals surface area contributed by atoms with Crippen molar-refractivity contribution in [3.8, 4) is 0 Å². The van der Waals surface area contributed by atoms with Gasteiger partial charge in [-0.15, -0.1) is 5.10 Å². The predicted octanol–water partition coefficient (Wildman–Crippen LogP) is 2.35. The van der Waals surface area contributed by atoms with Crippen LogP contribution in [0.5, 0.6) is 0 Å². The van der Waals surface area contributed by atoms with E-state index < -0.39 is 0 Å². The first-order valence-corrected chi connectivity index (χ1v) is 5.35. The molecule has 1 aromatic heterocycles. The lowest BCUT2D eigenvalue weighted by Gasteiger charge is -1.98. The van der Waals surface area contributed by atoms with Crippen molar-refractivity contribution >= 4 is 11.9 Å². The molecular weight excluding hydrogens is 170 g/mol. The molecule has 0 unspecified atom stereocenters. The summed E-state index contributed by atoms with van der Waals surface area (Å²) in [6.07, 6.45) is 8.56. The van der Waals surface area contributed by atoms with Crippen molar-refractivity contribution in [2.75, 3.05) is 5.75 Å². The highest BCUT2D eigenvalue weighted by atomic mass is 32.2. The molecule has 12 heavy (non-hydrogen) atoms. The highest BCUT2D eigenvalue weighted by Gasteiger charge is 1.92. The molecule has 0 bridgehead atoms. The molecule has 68 valence electrons. The second-order valence-corrected chi connectivity index (χ2v) is 3.73. The molecule has 0 saturated heterocycles. The van der Waals surface area contributed by atoms with Crippen molar-refractivity contribution in [2.24, 2.45) is 0 Å². The summed E-state index contributed by atoms with van der Waals surface area (Å²) in [6.45, 7) is 2.23. The third-order valence-corrected chi connectivity index (χ3v) is 2.54. The van der Waals surface area contributed by atoms with Gasteiger partial charge in [-0.05, 0) is 18.4 Å². The zero-order valence-corrected chi connectivity index (χ0v) is 8.26. The van der Waals surface area contributed by atoms with Gasteiger partial charge in [0, 0.05) is 5.75 Å². The van der Waals surface area contributed by atoms with Crippen LogP contribution in [-0.4, -0.2) is 19.9 Å². The lowest BCUT2D eigenvalue weighted by molar-refractivity contribution is 0.705. The maximum absolute atomic E-state index is 4.00. The van der Waals surface area contributed by atoms with Crippen molar-refractivity contribution in [2.45, 2.75) is 32.6 Å². The minimum atomic E-state index is 1.14. The van der Waals surface area contributed by atoms with E-state index in [0.29, 0.717) is 0 Å². The maximum atomic E-state index is 4.00. The van der Waals surface area contributed by atoms with Crippen LogP contribution >= 0.6 is 11.9 Å². The molecule has 4 heteroatoms. The van der Waals surface area contributed by atoms with E-state index in [9.17, 15) is 0 Å². The molecule has 0 N–H and O–H groups in total. The molecule has 0 aliphatic heterocycles. The summed E-state index contributed by atoms with van der Waals surface area (Å²) in [5, 5.41) is 4.00. The van der Waals surface area contributed by atoms with Gasteiger partial charge in [-0.3, -0.25) is 0 Å². The predicted molar refractivity (Wildman–Crippen MR) is 52.0 cm³/mol. The molecule has 0 aliphatic rings. The summed E-state index contributed by atoms with van der Waals surface area (Å²) in [5.74, 6) is 1.14. The Kier molecular flexibility index (Phi) is 4.83. The Morgan fingerprint density at radius 1 is 1.33 bits per heavy atom. The summed E-state index contributed by atoms with van der Waals surface area (Å²) in [7, 11) is 0. The van der Waals surface area contributed by atoms with Gasteiger partial charge in [-0.1, -0.05) is 26.2 Å². The summed E-state index contributed by atoms with van der Waals surface area (Å²) in [4.78, 5) is 3.87. The first-order valence-electron chi connectivity index (χ1n) is 4.41.